The van der Waals surface area contributed by atoms with Crippen molar-refractivity contribution in [3.05, 3.63) is 35.4 Å². The fourth-order valence-electron chi connectivity index (χ4n) is 2.80. The molecule has 0 saturated carbocycles. The van der Waals surface area contributed by atoms with Crippen molar-refractivity contribution in [1.29, 1.82) is 0 Å². The molecule has 0 radical (unpaired) electrons. The Morgan fingerprint density at radius 3 is 2.06 bits per heavy atom. The van der Waals surface area contributed by atoms with Crippen molar-refractivity contribution in [1.82, 2.24) is 15.7 Å². The Hall–Kier alpha value is -3.43. The van der Waals surface area contributed by atoms with Crippen LogP contribution in [0.25, 0.3) is 0 Å². The average molecular weight is 433 g/mol. The van der Waals surface area contributed by atoms with E-state index < -0.39 is 48.0 Å². The number of carbonyl (C=O) groups is 5. The zero-order valence-electron chi connectivity index (χ0n) is 18.2. The minimum absolute atomic E-state index is 0.0150. The summed E-state index contributed by atoms with van der Waals surface area (Å²) in [6.07, 6.45) is -0.586. The summed E-state index contributed by atoms with van der Waals surface area (Å²) in [5, 5.41) is 5.14. The van der Waals surface area contributed by atoms with Gasteiger partial charge in [0.2, 0.25) is 5.91 Å². The highest BCUT2D eigenvalue weighted by Crippen LogP contribution is 2.23. The van der Waals surface area contributed by atoms with Gasteiger partial charge in [0.15, 0.2) is 0 Å². The van der Waals surface area contributed by atoms with E-state index in [1.807, 2.05) is 13.8 Å². The lowest BCUT2D eigenvalue weighted by Crippen LogP contribution is -2.49. The van der Waals surface area contributed by atoms with E-state index in [0.717, 1.165) is 0 Å². The molecule has 0 bridgehead atoms. The summed E-state index contributed by atoms with van der Waals surface area (Å²) in [6.45, 7) is 8.27. The molecule has 4 amide bonds. The number of benzene rings is 1. The van der Waals surface area contributed by atoms with Gasteiger partial charge >= 0.3 is 12.1 Å². The van der Waals surface area contributed by atoms with Crippen LogP contribution in [0.3, 0.4) is 0 Å². The second-order valence-corrected chi connectivity index (χ2v) is 8.47. The molecule has 10 nitrogen and oxygen atoms in total. The van der Waals surface area contributed by atoms with Gasteiger partial charge < -0.3 is 20.2 Å². The largest absolute Gasteiger partial charge is 0.444 e. The van der Waals surface area contributed by atoms with E-state index in [1.54, 1.807) is 32.9 Å². The summed E-state index contributed by atoms with van der Waals surface area (Å²) in [7, 11) is 0. The highest BCUT2D eigenvalue weighted by Gasteiger charge is 2.40. The number of nitrogens with zero attached hydrogens (tertiary/aromatic N) is 1. The van der Waals surface area contributed by atoms with Crippen LogP contribution in [0.1, 0.15) is 61.8 Å². The second-order valence-electron chi connectivity index (χ2n) is 8.47. The molecular weight excluding hydrogens is 406 g/mol. The molecule has 1 aliphatic heterocycles. The number of fused-ring (bicyclic) bond motifs is 1. The third-order valence-electron chi connectivity index (χ3n) is 4.06. The molecule has 0 fully saturated rings. The van der Waals surface area contributed by atoms with E-state index in [4.69, 9.17) is 9.57 Å². The molecule has 2 rings (SSSR count). The number of carbonyl (C=O) groups excluding carboxylic acids is 5. The highest BCUT2D eigenvalue weighted by molar-refractivity contribution is 6.20. The number of amides is 4. The van der Waals surface area contributed by atoms with E-state index in [2.05, 4.69) is 10.6 Å². The molecule has 1 aromatic carbocycles. The van der Waals surface area contributed by atoms with E-state index in [-0.39, 0.29) is 23.5 Å². The molecule has 10 heteroatoms. The van der Waals surface area contributed by atoms with Gasteiger partial charge in [0.25, 0.3) is 11.8 Å². The molecule has 1 heterocycles. The first kappa shape index (κ1) is 23.8. The summed E-state index contributed by atoms with van der Waals surface area (Å²) in [5.41, 5.74) is -0.464. The van der Waals surface area contributed by atoms with Gasteiger partial charge in [-0.1, -0.05) is 31.0 Å². The lowest BCUT2D eigenvalue weighted by Gasteiger charge is -2.22. The van der Waals surface area contributed by atoms with Gasteiger partial charge in [-0.05, 0) is 45.2 Å². The van der Waals surface area contributed by atoms with Gasteiger partial charge in [0.1, 0.15) is 18.2 Å². The van der Waals surface area contributed by atoms with Crippen molar-refractivity contribution in [2.24, 2.45) is 5.92 Å². The van der Waals surface area contributed by atoms with Crippen LogP contribution in [-0.2, 0) is 19.2 Å². The number of ether oxygens (including phenoxy) is 1. The third kappa shape index (κ3) is 6.53. The van der Waals surface area contributed by atoms with Gasteiger partial charge in [0, 0.05) is 0 Å². The molecule has 1 aromatic rings. The van der Waals surface area contributed by atoms with Gasteiger partial charge in [0.05, 0.1) is 11.1 Å². The smallest absolute Gasteiger partial charge is 0.408 e. The zero-order chi connectivity index (χ0) is 23.3. The van der Waals surface area contributed by atoms with E-state index in [0.29, 0.717) is 5.06 Å². The standard InChI is InChI=1S/C21H27N3O7/c1-12(2)10-15(23-16(25)11-22-20(29)30-21(3,4)5)19(28)31-24-17(26)13-8-6-7-9-14(13)18(24)27/h6-9,12,15H,10-11H2,1-5H3,(H,22,29)(H,23,25). The molecular formula is C21H27N3O7. The number of hydrogen-bond donors (Lipinski definition) is 2. The van der Waals surface area contributed by atoms with Crippen LogP contribution in [0, 0.1) is 5.92 Å². The first-order chi connectivity index (χ1) is 14.4. The number of imide groups is 1. The van der Waals surface area contributed by atoms with Gasteiger partial charge in [-0.15, -0.1) is 0 Å². The normalized spacial score (nSPS) is 14.2. The zero-order valence-corrected chi connectivity index (χ0v) is 18.2. The van der Waals surface area contributed by atoms with Crippen LogP contribution in [-0.4, -0.2) is 53.0 Å². The molecule has 1 atom stereocenters. The average Bonchev–Trinajstić information content (AvgIpc) is 2.89. The van der Waals surface area contributed by atoms with E-state index in [1.165, 1.54) is 12.1 Å². The fraction of sp³-hybridized carbons (Fsp3) is 0.476. The number of nitrogens with one attached hydrogen (secondary N) is 2. The maximum absolute atomic E-state index is 12.6. The van der Waals surface area contributed by atoms with Crippen LogP contribution < -0.4 is 10.6 Å². The molecule has 1 aliphatic rings. The van der Waals surface area contributed by atoms with Gasteiger partial charge in [-0.2, -0.15) is 0 Å². The van der Waals surface area contributed by atoms with Crippen molar-refractivity contribution < 1.29 is 33.5 Å². The van der Waals surface area contributed by atoms with Crippen LogP contribution in [0.15, 0.2) is 24.3 Å². The Morgan fingerprint density at radius 1 is 1.03 bits per heavy atom. The quantitative estimate of drug-likeness (QED) is 0.627. The predicted molar refractivity (Wildman–Crippen MR) is 109 cm³/mol. The maximum atomic E-state index is 12.6. The minimum Gasteiger partial charge on any atom is -0.444 e. The number of rotatable bonds is 7. The maximum Gasteiger partial charge on any atom is 0.408 e. The monoisotopic (exact) mass is 433 g/mol. The Morgan fingerprint density at radius 2 is 1.58 bits per heavy atom. The fourth-order valence-corrected chi connectivity index (χ4v) is 2.80. The van der Waals surface area contributed by atoms with Crippen LogP contribution in [0.5, 0.6) is 0 Å². The number of hydrogen-bond acceptors (Lipinski definition) is 7. The number of alkyl carbamates (subject to hydrolysis) is 1. The summed E-state index contributed by atoms with van der Waals surface area (Å²) in [5.74, 6) is -3.14. The lowest BCUT2D eigenvalue weighted by atomic mass is 10.0. The van der Waals surface area contributed by atoms with Crippen LogP contribution in [0.4, 0.5) is 4.79 Å². The predicted octanol–water partition coefficient (Wildman–Crippen LogP) is 1.80. The second kappa shape index (κ2) is 9.59. The minimum atomic E-state index is -1.13. The van der Waals surface area contributed by atoms with E-state index in [9.17, 15) is 24.0 Å². The van der Waals surface area contributed by atoms with Crippen molar-refractivity contribution in [2.45, 2.75) is 52.7 Å². The highest BCUT2D eigenvalue weighted by atomic mass is 16.7. The molecule has 0 saturated heterocycles. The van der Waals surface area contributed by atoms with Crippen molar-refractivity contribution in [2.75, 3.05) is 6.54 Å². The first-order valence-electron chi connectivity index (χ1n) is 9.85. The lowest BCUT2D eigenvalue weighted by molar-refractivity contribution is -0.172. The molecule has 1 unspecified atom stereocenters. The van der Waals surface area contributed by atoms with Crippen molar-refractivity contribution >= 4 is 29.8 Å². The van der Waals surface area contributed by atoms with Crippen LogP contribution in [0.2, 0.25) is 0 Å². The molecule has 2 N–H and O–H groups in total. The molecule has 31 heavy (non-hydrogen) atoms. The SMILES string of the molecule is CC(C)CC(NC(=O)CNC(=O)OC(C)(C)C)C(=O)ON1C(=O)c2ccccc2C1=O. The topological polar surface area (TPSA) is 131 Å². The van der Waals surface area contributed by atoms with E-state index >= 15 is 0 Å². The van der Waals surface area contributed by atoms with Gasteiger partial charge in [-0.3, -0.25) is 14.4 Å². The molecule has 0 aliphatic carbocycles. The molecule has 168 valence electrons. The Bertz CT molecular complexity index is 854. The summed E-state index contributed by atoms with van der Waals surface area (Å²) < 4.78 is 5.04. The van der Waals surface area contributed by atoms with Gasteiger partial charge in [-0.25, -0.2) is 9.59 Å². The molecule has 0 aromatic heterocycles. The summed E-state index contributed by atoms with van der Waals surface area (Å²) in [4.78, 5) is 66.3. The third-order valence-corrected chi connectivity index (χ3v) is 4.06. The molecule has 0 spiro atoms. The Kier molecular flexibility index (Phi) is 7.37. The van der Waals surface area contributed by atoms with Crippen LogP contribution >= 0.6 is 0 Å². The van der Waals surface area contributed by atoms with Crippen molar-refractivity contribution in [3.63, 3.8) is 0 Å². The first-order valence-corrected chi connectivity index (χ1v) is 9.85. The summed E-state index contributed by atoms with van der Waals surface area (Å²) in [6, 6.07) is 4.97. The Labute approximate surface area is 180 Å². The number of hydroxylamine groups is 2. The summed E-state index contributed by atoms with van der Waals surface area (Å²) >= 11 is 0. The van der Waals surface area contributed by atoms with Crippen molar-refractivity contribution in [3.8, 4) is 0 Å². The Balaban J connectivity index is 2.00.